The summed E-state index contributed by atoms with van der Waals surface area (Å²) in [5, 5.41) is 7.41. The van der Waals surface area contributed by atoms with Crippen LogP contribution in [0.15, 0.2) is 24.4 Å². The molecule has 0 saturated carbocycles. The van der Waals surface area contributed by atoms with Gasteiger partial charge < -0.3 is 9.80 Å². The van der Waals surface area contributed by atoms with Crippen molar-refractivity contribution < 1.29 is 9.59 Å². The fourth-order valence-corrected chi connectivity index (χ4v) is 4.03. The molecule has 0 radical (unpaired) electrons. The molecule has 142 valence electrons. The Hall–Kier alpha value is -2.67. The van der Waals surface area contributed by atoms with Crippen LogP contribution in [0.5, 0.6) is 0 Å². The molecular formula is C20H25N5O2. The van der Waals surface area contributed by atoms with Gasteiger partial charge in [0.15, 0.2) is 0 Å². The molecule has 1 atom stereocenters. The average Bonchev–Trinajstić information content (AvgIpc) is 3.09. The number of nitrogens with zero attached hydrogens (tertiary/aromatic N) is 4. The number of piperazine rings is 2. The highest BCUT2D eigenvalue weighted by Gasteiger charge is 2.41. The summed E-state index contributed by atoms with van der Waals surface area (Å²) in [6, 6.07) is 6.02. The number of aryl methyl sites for hydroxylation is 2. The molecule has 2 saturated heterocycles. The SMILES string of the molecule is Cc1ccc(C)c(-c2[nH]ncc2CN2CCN3C(=O)CN(C)C(=O)C3C2)c1. The Balaban J connectivity index is 1.54. The number of carbonyl (C=O) groups is 2. The Bertz CT molecular complexity index is 890. The third kappa shape index (κ3) is 3.23. The first kappa shape index (κ1) is 17.7. The van der Waals surface area contributed by atoms with Gasteiger partial charge in [0.05, 0.1) is 18.4 Å². The number of hydrogen-bond acceptors (Lipinski definition) is 4. The quantitative estimate of drug-likeness (QED) is 0.884. The maximum atomic E-state index is 12.5. The van der Waals surface area contributed by atoms with Crippen molar-refractivity contribution in [1.29, 1.82) is 0 Å². The van der Waals surface area contributed by atoms with Gasteiger partial charge in [0, 0.05) is 44.4 Å². The first-order valence-electron chi connectivity index (χ1n) is 9.30. The fraction of sp³-hybridized carbons (Fsp3) is 0.450. The van der Waals surface area contributed by atoms with E-state index in [1.54, 1.807) is 11.9 Å². The van der Waals surface area contributed by atoms with E-state index in [1.807, 2.05) is 6.20 Å². The zero-order valence-corrected chi connectivity index (χ0v) is 16.0. The van der Waals surface area contributed by atoms with E-state index >= 15 is 0 Å². The molecule has 2 aromatic rings. The molecule has 1 aromatic carbocycles. The molecule has 27 heavy (non-hydrogen) atoms. The zero-order chi connectivity index (χ0) is 19.1. The van der Waals surface area contributed by atoms with Crippen LogP contribution in [-0.4, -0.2) is 76.0 Å². The molecule has 1 unspecified atom stereocenters. The van der Waals surface area contributed by atoms with Crippen LogP contribution in [0.1, 0.15) is 16.7 Å². The second-order valence-corrected chi connectivity index (χ2v) is 7.62. The van der Waals surface area contributed by atoms with Gasteiger partial charge in [-0.2, -0.15) is 5.10 Å². The van der Waals surface area contributed by atoms with Gasteiger partial charge in [-0.05, 0) is 25.5 Å². The van der Waals surface area contributed by atoms with Crippen molar-refractivity contribution in [3.05, 3.63) is 41.1 Å². The van der Waals surface area contributed by atoms with Gasteiger partial charge in [-0.3, -0.25) is 19.6 Å². The predicted molar refractivity (Wildman–Crippen MR) is 102 cm³/mol. The topological polar surface area (TPSA) is 72.5 Å². The molecule has 0 aliphatic carbocycles. The molecule has 2 aliphatic heterocycles. The van der Waals surface area contributed by atoms with E-state index in [2.05, 4.69) is 47.1 Å². The number of nitrogens with one attached hydrogen (secondary N) is 1. The fourth-order valence-electron chi connectivity index (χ4n) is 4.03. The van der Waals surface area contributed by atoms with Gasteiger partial charge in [0.1, 0.15) is 6.04 Å². The lowest BCUT2D eigenvalue weighted by molar-refractivity contribution is -0.158. The monoisotopic (exact) mass is 367 g/mol. The number of likely N-dealkylation sites (N-methyl/N-ethyl adjacent to an activating group) is 1. The normalized spacial score (nSPS) is 20.9. The minimum atomic E-state index is -0.374. The van der Waals surface area contributed by atoms with Gasteiger partial charge in [-0.1, -0.05) is 17.7 Å². The van der Waals surface area contributed by atoms with Gasteiger partial charge in [0.25, 0.3) is 0 Å². The highest BCUT2D eigenvalue weighted by molar-refractivity contribution is 5.95. The van der Waals surface area contributed by atoms with E-state index < -0.39 is 0 Å². The van der Waals surface area contributed by atoms with Crippen molar-refractivity contribution in [1.82, 2.24) is 24.9 Å². The van der Waals surface area contributed by atoms with Crippen molar-refractivity contribution in [2.75, 3.05) is 33.2 Å². The van der Waals surface area contributed by atoms with Crippen molar-refractivity contribution in [3.8, 4) is 11.3 Å². The van der Waals surface area contributed by atoms with Gasteiger partial charge in [-0.15, -0.1) is 0 Å². The second-order valence-electron chi connectivity index (χ2n) is 7.62. The molecule has 2 aliphatic rings. The number of hydrogen-bond donors (Lipinski definition) is 1. The third-order valence-corrected chi connectivity index (χ3v) is 5.59. The maximum absolute atomic E-state index is 12.5. The van der Waals surface area contributed by atoms with Crippen LogP contribution in [0.25, 0.3) is 11.3 Å². The molecule has 0 bridgehead atoms. The van der Waals surface area contributed by atoms with Crippen LogP contribution < -0.4 is 0 Å². The molecule has 1 N–H and O–H groups in total. The largest absolute Gasteiger partial charge is 0.335 e. The number of carbonyl (C=O) groups excluding carboxylic acids is 2. The van der Waals surface area contributed by atoms with E-state index in [1.165, 1.54) is 16.0 Å². The van der Waals surface area contributed by atoms with Crippen LogP contribution in [0.3, 0.4) is 0 Å². The highest BCUT2D eigenvalue weighted by atomic mass is 16.2. The Morgan fingerprint density at radius 1 is 1.22 bits per heavy atom. The zero-order valence-electron chi connectivity index (χ0n) is 16.0. The van der Waals surface area contributed by atoms with Crippen LogP contribution in [-0.2, 0) is 16.1 Å². The summed E-state index contributed by atoms with van der Waals surface area (Å²) in [4.78, 5) is 30.2. The molecule has 2 amide bonds. The summed E-state index contributed by atoms with van der Waals surface area (Å²) in [6.07, 6.45) is 1.86. The average molecular weight is 367 g/mol. The summed E-state index contributed by atoms with van der Waals surface area (Å²) >= 11 is 0. The van der Waals surface area contributed by atoms with Crippen molar-refractivity contribution >= 4 is 11.8 Å². The smallest absolute Gasteiger partial charge is 0.246 e. The molecule has 4 rings (SSSR count). The summed E-state index contributed by atoms with van der Waals surface area (Å²) in [6.45, 7) is 6.99. The number of aromatic nitrogens is 2. The van der Waals surface area contributed by atoms with Gasteiger partial charge in [-0.25, -0.2) is 0 Å². The minimum absolute atomic E-state index is 0.0289. The van der Waals surface area contributed by atoms with Crippen LogP contribution >= 0.6 is 0 Å². The number of benzene rings is 1. The molecule has 2 fully saturated rings. The minimum Gasteiger partial charge on any atom is -0.335 e. The van der Waals surface area contributed by atoms with Crippen molar-refractivity contribution in [3.63, 3.8) is 0 Å². The van der Waals surface area contributed by atoms with E-state index in [-0.39, 0.29) is 24.4 Å². The number of aromatic amines is 1. The maximum Gasteiger partial charge on any atom is 0.246 e. The van der Waals surface area contributed by atoms with Crippen LogP contribution in [0.2, 0.25) is 0 Å². The Labute approximate surface area is 158 Å². The first-order chi connectivity index (χ1) is 12.9. The Kier molecular flexibility index (Phi) is 4.47. The van der Waals surface area contributed by atoms with Crippen LogP contribution in [0.4, 0.5) is 0 Å². The van der Waals surface area contributed by atoms with E-state index in [0.717, 1.165) is 23.4 Å². The predicted octanol–water partition coefficient (Wildman–Crippen LogP) is 1.18. The van der Waals surface area contributed by atoms with Crippen LogP contribution in [0, 0.1) is 13.8 Å². The molecule has 0 spiro atoms. The van der Waals surface area contributed by atoms with E-state index in [0.29, 0.717) is 19.6 Å². The first-order valence-corrected chi connectivity index (χ1v) is 9.30. The molecule has 1 aromatic heterocycles. The summed E-state index contributed by atoms with van der Waals surface area (Å²) in [5.74, 6) is 0.0716. The summed E-state index contributed by atoms with van der Waals surface area (Å²) in [7, 11) is 1.70. The molecule has 7 nitrogen and oxygen atoms in total. The van der Waals surface area contributed by atoms with Gasteiger partial charge in [0.2, 0.25) is 11.8 Å². The number of H-pyrrole nitrogens is 1. The lowest BCUT2D eigenvalue weighted by Crippen LogP contribution is -2.65. The molecule has 7 heteroatoms. The lowest BCUT2D eigenvalue weighted by Gasteiger charge is -2.45. The third-order valence-electron chi connectivity index (χ3n) is 5.59. The van der Waals surface area contributed by atoms with Crippen molar-refractivity contribution in [2.24, 2.45) is 0 Å². The number of fused-ring (bicyclic) bond motifs is 1. The lowest BCUT2D eigenvalue weighted by atomic mass is 10.00. The number of rotatable bonds is 3. The highest BCUT2D eigenvalue weighted by Crippen LogP contribution is 2.27. The van der Waals surface area contributed by atoms with E-state index in [9.17, 15) is 9.59 Å². The van der Waals surface area contributed by atoms with E-state index in [4.69, 9.17) is 0 Å². The van der Waals surface area contributed by atoms with Crippen molar-refractivity contribution in [2.45, 2.75) is 26.4 Å². The Morgan fingerprint density at radius 3 is 2.85 bits per heavy atom. The standard InChI is InChI=1S/C20H25N5O2/c1-13-4-5-14(2)16(8-13)19-15(9-21-22-19)10-24-6-7-25-17(11-24)20(27)23(3)12-18(25)26/h4-5,8-9,17H,6-7,10-12H2,1-3H3,(H,21,22). The summed E-state index contributed by atoms with van der Waals surface area (Å²) < 4.78 is 0. The van der Waals surface area contributed by atoms with Gasteiger partial charge >= 0.3 is 0 Å². The Morgan fingerprint density at radius 2 is 2.04 bits per heavy atom. The second kappa shape index (κ2) is 6.81. The molecule has 3 heterocycles. The number of amides is 2. The molecular weight excluding hydrogens is 342 g/mol. The summed E-state index contributed by atoms with van der Waals surface area (Å²) in [5.41, 5.74) is 5.70.